The lowest BCUT2D eigenvalue weighted by molar-refractivity contribution is -0.117. The van der Waals surface area contributed by atoms with Crippen LogP contribution in [0.25, 0.3) is 0 Å². The molecule has 0 aliphatic rings. The molecule has 0 aromatic rings. The minimum atomic E-state index is -0.235. The van der Waals surface area contributed by atoms with Crippen LogP contribution in [0.5, 0.6) is 0 Å². The van der Waals surface area contributed by atoms with E-state index in [4.69, 9.17) is 5.73 Å². The minimum absolute atomic E-state index is 0.111. The first-order valence-electron chi connectivity index (χ1n) is 9.73. The smallest absolute Gasteiger partial charge is 0.230 e. The second kappa shape index (κ2) is 14.9. The lowest BCUT2D eigenvalue weighted by Gasteiger charge is -2.05. The number of hydrogen-bond donors (Lipinski definition) is 1. The van der Waals surface area contributed by atoms with Crippen molar-refractivity contribution in [2.45, 2.75) is 85.3 Å². The first-order chi connectivity index (χ1) is 12.2. The van der Waals surface area contributed by atoms with Gasteiger partial charge >= 0.3 is 0 Å². The van der Waals surface area contributed by atoms with Gasteiger partial charge in [-0.3, -0.25) is 4.79 Å². The first kappa shape index (κ1) is 24.8. The van der Waals surface area contributed by atoms with E-state index in [9.17, 15) is 4.79 Å². The number of thioether (sulfide) groups is 1. The number of primary amides is 1. The molecule has 0 aromatic carbocycles. The molecule has 0 saturated heterocycles. The monoisotopic (exact) mass is 377 g/mol. The summed E-state index contributed by atoms with van der Waals surface area (Å²) < 4.78 is 0. The summed E-state index contributed by atoms with van der Waals surface area (Å²) in [6, 6.07) is 0. The highest BCUT2D eigenvalue weighted by molar-refractivity contribution is 8.00. The Morgan fingerprint density at radius 1 is 0.808 bits per heavy atom. The van der Waals surface area contributed by atoms with E-state index in [0.29, 0.717) is 0 Å². The van der Waals surface area contributed by atoms with Crippen molar-refractivity contribution in [1.82, 2.24) is 0 Å². The molecule has 2 nitrogen and oxygen atoms in total. The maximum Gasteiger partial charge on any atom is 0.230 e. The van der Waals surface area contributed by atoms with E-state index in [1.807, 2.05) is 6.92 Å². The molecule has 1 atom stereocenters. The van der Waals surface area contributed by atoms with E-state index in [1.54, 1.807) is 11.8 Å². The fraction of sp³-hybridized carbons (Fsp3) is 0.609. The van der Waals surface area contributed by atoms with E-state index < -0.39 is 0 Å². The van der Waals surface area contributed by atoms with Gasteiger partial charge in [0.1, 0.15) is 0 Å². The molecule has 0 aromatic heterocycles. The summed E-state index contributed by atoms with van der Waals surface area (Å²) in [4.78, 5) is 11.0. The fourth-order valence-corrected chi connectivity index (χ4v) is 3.24. The number of nitrogens with two attached hydrogens (primary N) is 1. The Balaban J connectivity index is 4.03. The van der Waals surface area contributed by atoms with E-state index in [2.05, 4.69) is 58.9 Å². The van der Waals surface area contributed by atoms with Gasteiger partial charge in [0.15, 0.2) is 0 Å². The highest BCUT2D eigenvalue weighted by atomic mass is 32.2. The Labute approximate surface area is 166 Å². The molecule has 148 valence electrons. The SMILES string of the molecule is CC(C)=CCCC(C)=CCCC(C)=CCCC(C)=CCSC(C)C(N)=O. The van der Waals surface area contributed by atoms with Crippen molar-refractivity contribution in [3.05, 3.63) is 46.6 Å². The Hall–Kier alpha value is -1.22. The predicted molar refractivity (Wildman–Crippen MR) is 120 cm³/mol. The molecule has 26 heavy (non-hydrogen) atoms. The second-order valence-corrected chi connectivity index (χ2v) is 8.80. The average molecular weight is 378 g/mol. The summed E-state index contributed by atoms with van der Waals surface area (Å²) in [5, 5.41) is -0.111. The lowest BCUT2D eigenvalue weighted by atomic mass is 10.0. The molecule has 0 rings (SSSR count). The van der Waals surface area contributed by atoms with Crippen molar-refractivity contribution in [3.63, 3.8) is 0 Å². The van der Waals surface area contributed by atoms with Crippen LogP contribution < -0.4 is 5.73 Å². The third-order valence-electron chi connectivity index (χ3n) is 4.33. The molecule has 0 spiro atoms. The third kappa shape index (κ3) is 15.1. The van der Waals surface area contributed by atoms with E-state index in [-0.39, 0.29) is 11.2 Å². The van der Waals surface area contributed by atoms with Gasteiger partial charge in [0.2, 0.25) is 5.91 Å². The maximum absolute atomic E-state index is 11.0. The normalized spacial score (nSPS) is 14.3. The van der Waals surface area contributed by atoms with Crippen molar-refractivity contribution in [2.24, 2.45) is 5.73 Å². The van der Waals surface area contributed by atoms with Gasteiger partial charge in [0.05, 0.1) is 5.25 Å². The Morgan fingerprint density at radius 2 is 1.23 bits per heavy atom. The van der Waals surface area contributed by atoms with Crippen LogP contribution in [0.15, 0.2) is 46.6 Å². The standard InChI is InChI=1S/C23H39NOS/c1-18(2)10-7-11-19(3)12-8-13-20(4)14-9-15-21(5)16-17-26-22(6)23(24)25/h10,12,14,16,22H,7-9,11,13,15,17H2,1-6H3,(H2,24,25). The van der Waals surface area contributed by atoms with Crippen LogP contribution in [0.4, 0.5) is 0 Å². The number of rotatable bonds is 13. The van der Waals surface area contributed by atoms with Crippen LogP contribution in [-0.4, -0.2) is 16.9 Å². The van der Waals surface area contributed by atoms with Crippen molar-refractivity contribution in [3.8, 4) is 0 Å². The predicted octanol–water partition coefficient (Wildman–Crippen LogP) is 6.74. The summed E-state index contributed by atoms with van der Waals surface area (Å²) in [5.74, 6) is 0.621. The highest BCUT2D eigenvalue weighted by Gasteiger charge is 2.06. The van der Waals surface area contributed by atoms with Crippen LogP contribution in [0.2, 0.25) is 0 Å². The molecule has 3 heteroatoms. The number of allylic oxidation sites excluding steroid dienone is 7. The molecule has 0 fully saturated rings. The average Bonchev–Trinajstić information content (AvgIpc) is 2.54. The number of amides is 1. The van der Waals surface area contributed by atoms with Crippen molar-refractivity contribution >= 4 is 17.7 Å². The highest BCUT2D eigenvalue weighted by Crippen LogP contribution is 2.15. The van der Waals surface area contributed by atoms with Gasteiger partial charge < -0.3 is 5.73 Å². The quantitative estimate of drug-likeness (QED) is 0.361. The van der Waals surface area contributed by atoms with Gasteiger partial charge in [-0.05, 0) is 80.1 Å². The second-order valence-electron chi connectivity index (χ2n) is 7.43. The van der Waals surface area contributed by atoms with E-state index >= 15 is 0 Å². The van der Waals surface area contributed by atoms with E-state index in [0.717, 1.165) is 37.9 Å². The minimum Gasteiger partial charge on any atom is -0.369 e. The summed E-state index contributed by atoms with van der Waals surface area (Å²) in [6.07, 6.45) is 16.1. The molecule has 0 heterocycles. The van der Waals surface area contributed by atoms with Gasteiger partial charge in [0.25, 0.3) is 0 Å². The maximum atomic E-state index is 11.0. The third-order valence-corrected chi connectivity index (χ3v) is 5.42. The van der Waals surface area contributed by atoms with Gasteiger partial charge in [0, 0.05) is 5.75 Å². The summed E-state index contributed by atoms with van der Waals surface area (Å²) in [5.41, 5.74) is 11.0. The van der Waals surface area contributed by atoms with Crippen LogP contribution in [-0.2, 0) is 4.79 Å². The molecule has 0 aliphatic heterocycles. The van der Waals surface area contributed by atoms with Gasteiger partial charge in [-0.2, -0.15) is 0 Å². The molecule has 1 unspecified atom stereocenters. The van der Waals surface area contributed by atoms with Gasteiger partial charge in [-0.1, -0.05) is 46.6 Å². The van der Waals surface area contributed by atoms with Crippen molar-refractivity contribution in [2.75, 3.05) is 5.75 Å². The molecular weight excluding hydrogens is 338 g/mol. The molecule has 0 bridgehead atoms. The fourth-order valence-electron chi connectivity index (χ4n) is 2.40. The van der Waals surface area contributed by atoms with Crippen LogP contribution in [0.1, 0.15) is 80.1 Å². The molecule has 2 N–H and O–H groups in total. The molecular formula is C23H39NOS. The van der Waals surface area contributed by atoms with Crippen molar-refractivity contribution < 1.29 is 4.79 Å². The number of carbonyl (C=O) groups is 1. The molecule has 1 amide bonds. The van der Waals surface area contributed by atoms with Crippen LogP contribution in [0.3, 0.4) is 0 Å². The largest absolute Gasteiger partial charge is 0.369 e. The zero-order valence-corrected chi connectivity index (χ0v) is 18.5. The van der Waals surface area contributed by atoms with Gasteiger partial charge in [-0.15, -0.1) is 11.8 Å². The lowest BCUT2D eigenvalue weighted by Crippen LogP contribution is -2.22. The summed E-state index contributed by atoms with van der Waals surface area (Å²) in [6.45, 7) is 12.8. The van der Waals surface area contributed by atoms with E-state index in [1.165, 1.54) is 28.7 Å². The summed E-state index contributed by atoms with van der Waals surface area (Å²) in [7, 11) is 0. The first-order valence-corrected chi connectivity index (χ1v) is 10.8. The Bertz CT molecular complexity index is 536. The molecule has 0 radical (unpaired) electrons. The van der Waals surface area contributed by atoms with Crippen LogP contribution in [0, 0.1) is 0 Å². The Morgan fingerprint density at radius 3 is 1.65 bits per heavy atom. The zero-order chi connectivity index (χ0) is 19.9. The Kier molecular flexibility index (Phi) is 14.2. The summed E-state index contributed by atoms with van der Waals surface area (Å²) >= 11 is 1.60. The van der Waals surface area contributed by atoms with Crippen LogP contribution >= 0.6 is 11.8 Å². The number of hydrogen-bond acceptors (Lipinski definition) is 2. The molecule has 0 aliphatic carbocycles. The van der Waals surface area contributed by atoms with Crippen molar-refractivity contribution in [1.29, 1.82) is 0 Å². The topological polar surface area (TPSA) is 43.1 Å². The number of carbonyl (C=O) groups excluding carboxylic acids is 1. The molecule has 0 saturated carbocycles. The zero-order valence-electron chi connectivity index (χ0n) is 17.7. The van der Waals surface area contributed by atoms with Gasteiger partial charge in [-0.25, -0.2) is 0 Å².